The van der Waals surface area contributed by atoms with Gasteiger partial charge in [-0.2, -0.15) is 0 Å². The smallest absolute Gasteiger partial charge is 0.00418 e. The van der Waals surface area contributed by atoms with Crippen LogP contribution in [0.15, 0.2) is 0 Å². The van der Waals surface area contributed by atoms with E-state index >= 15 is 0 Å². The molecule has 2 heterocycles. The third kappa shape index (κ3) is 3.46. The molecular weight excluding hydrogens is 184 g/mol. The molecule has 2 unspecified atom stereocenters. The van der Waals surface area contributed by atoms with Gasteiger partial charge < -0.3 is 10.2 Å². The molecule has 2 aliphatic heterocycles. The molecule has 0 spiro atoms. The van der Waals surface area contributed by atoms with E-state index in [0.29, 0.717) is 0 Å². The van der Waals surface area contributed by atoms with Crippen LogP contribution in [0.1, 0.15) is 39.5 Å². The zero-order valence-corrected chi connectivity index (χ0v) is 10.3. The van der Waals surface area contributed by atoms with Gasteiger partial charge in [0.1, 0.15) is 0 Å². The zero-order valence-electron chi connectivity index (χ0n) is 10.3. The van der Waals surface area contributed by atoms with Crippen molar-refractivity contribution in [3.63, 3.8) is 0 Å². The van der Waals surface area contributed by atoms with Gasteiger partial charge in [0.05, 0.1) is 0 Å². The Balaban J connectivity index is 1.71. The Morgan fingerprint density at radius 1 is 1.13 bits per heavy atom. The SMILES string of the molecule is CC1CCN(CC2CCNC(C)C2)CC1. The third-order valence-corrected chi connectivity index (χ3v) is 4.12. The van der Waals surface area contributed by atoms with Crippen molar-refractivity contribution in [3.05, 3.63) is 0 Å². The van der Waals surface area contributed by atoms with Gasteiger partial charge in [-0.3, -0.25) is 0 Å². The van der Waals surface area contributed by atoms with E-state index in [0.717, 1.165) is 17.9 Å². The molecular formula is C13H26N2. The Labute approximate surface area is 94.4 Å². The largest absolute Gasteiger partial charge is 0.314 e. The quantitative estimate of drug-likeness (QED) is 0.751. The molecule has 2 fully saturated rings. The first kappa shape index (κ1) is 11.4. The summed E-state index contributed by atoms with van der Waals surface area (Å²) in [6, 6.07) is 0.743. The number of likely N-dealkylation sites (tertiary alicyclic amines) is 1. The molecule has 0 saturated carbocycles. The fourth-order valence-electron chi connectivity index (χ4n) is 3.01. The molecule has 2 rings (SSSR count). The highest BCUT2D eigenvalue weighted by molar-refractivity contribution is 4.79. The van der Waals surface area contributed by atoms with E-state index in [2.05, 4.69) is 24.1 Å². The van der Waals surface area contributed by atoms with Crippen molar-refractivity contribution in [1.82, 2.24) is 10.2 Å². The Bertz CT molecular complexity index is 185. The van der Waals surface area contributed by atoms with Gasteiger partial charge in [0.25, 0.3) is 0 Å². The molecule has 0 amide bonds. The molecule has 0 bridgehead atoms. The molecule has 0 aromatic heterocycles. The van der Waals surface area contributed by atoms with Gasteiger partial charge >= 0.3 is 0 Å². The summed E-state index contributed by atoms with van der Waals surface area (Å²) >= 11 is 0. The summed E-state index contributed by atoms with van der Waals surface area (Å²) in [6.07, 6.45) is 5.60. The summed E-state index contributed by atoms with van der Waals surface area (Å²) in [4.78, 5) is 2.70. The summed E-state index contributed by atoms with van der Waals surface area (Å²) in [5.74, 6) is 1.92. The second-order valence-corrected chi connectivity index (χ2v) is 5.73. The van der Waals surface area contributed by atoms with E-state index in [-0.39, 0.29) is 0 Å². The average Bonchev–Trinajstić information content (AvgIpc) is 2.22. The number of piperidine rings is 2. The fraction of sp³-hybridized carbons (Fsp3) is 1.00. The molecule has 2 nitrogen and oxygen atoms in total. The van der Waals surface area contributed by atoms with Gasteiger partial charge in [-0.25, -0.2) is 0 Å². The minimum atomic E-state index is 0.743. The lowest BCUT2D eigenvalue weighted by Gasteiger charge is -2.36. The molecule has 88 valence electrons. The highest BCUT2D eigenvalue weighted by atomic mass is 15.1. The monoisotopic (exact) mass is 210 g/mol. The van der Waals surface area contributed by atoms with Crippen molar-refractivity contribution in [2.45, 2.75) is 45.6 Å². The van der Waals surface area contributed by atoms with Crippen LogP contribution < -0.4 is 5.32 Å². The van der Waals surface area contributed by atoms with Crippen LogP contribution in [-0.2, 0) is 0 Å². The van der Waals surface area contributed by atoms with Crippen molar-refractivity contribution in [2.24, 2.45) is 11.8 Å². The third-order valence-electron chi connectivity index (χ3n) is 4.12. The predicted octanol–water partition coefficient (Wildman–Crippen LogP) is 2.11. The summed E-state index contributed by atoms with van der Waals surface area (Å²) in [6.45, 7) is 10.0. The van der Waals surface area contributed by atoms with Gasteiger partial charge in [0.15, 0.2) is 0 Å². The number of nitrogens with zero attached hydrogens (tertiary/aromatic N) is 1. The molecule has 2 heteroatoms. The normalized spacial score (nSPS) is 35.6. The maximum Gasteiger partial charge on any atom is 0.00418 e. The summed E-state index contributed by atoms with van der Waals surface area (Å²) in [7, 11) is 0. The van der Waals surface area contributed by atoms with Crippen LogP contribution in [0.5, 0.6) is 0 Å². The first-order chi connectivity index (χ1) is 7.24. The van der Waals surface area contributed by atoms with E-state index in [1.165, 1.54) is 51.9 Å². The maximum atomic E-state index is 3.54. The summed E-state index contributed by atoms with van der Waals surface area (Å²) < 4.78 is 0. The van der Waals surface area contributed by atoms with E-state index in [4.69, 9.17) is 0 Å². The van der Waals surface area contributed by atoms with Crippen LogP contribution in [0.4, 0.5) is 0 Å². The fourth-order valence-corrected chi connectivity index (χ4v) is 3.01. The van der Waals surface area contributed by atoms with E-state index in [1.54, 1.807) is 0 Å². The van der Waals surface area contributed by atoms with E-state index < -0.39 is 0 Å². The molecule has 0 radical (unpaired) electrons. The second kappa shape index (κ2) is 5.31. The molecule has 2 saturated heterocycles. The van der Waals surface area contributed by atoms with Crippen molar-refractivity contribution in [3.8, 4) is 0 Å². The lowest BCUT2D eigenvalue weighted by atomic mass is 9.91. The van der Waals surface area contributed by atoms with Gasteiger partial charge in [0.2, 0.25) is 0 Å². The lowest BCUT2D eigenvalue weighted by Crippen LogP contribution is -2.42. The minimum absolute atomic E-state index is 0.743. The molecule has 0 aromatic rings. The Kier molecular flexibility index (Phi) is 4.04. The van der Waals surface area contributed by atoms with Crippen molar-refractivity contribution < 1.29 is 0 Å². The van der Waals surface area contributed by atoms with Crippen LogP contribution in [0, 0.1) is 11.8 Å². The molecule has 0 aromatic carbocycles. The molecule has 0 aliphatic carbocycles. The molecule has 1 N–H and O–H groups in total. The van der Waals surface area contributed by atoms with Crippen LogP contribution >= 0.6 is 0 Å². The second-order valence-electron chi connectivity index (χ2n) is 5.73. The lowest BCUT2D eigenvalue weighted by molar-refractivity contribution is 0.146. The number of nitrogens with one attached hydrogen (secondary N) is 1. The van der Waals surface area contributed by atoms with E-state index in [9.17, 15) is 0 Å². The molecule has 2 aliphatic rings. The Morgan fingerprint density at radius 2 is 1.87 bits per heavy atom. The molecule has 2 atom stereocenters. The van der Waals surface area contributed by atoms with Crippen LogP contribution in [0.25, 0.3) is 0 Å². The van der Waals surface area contributed by atoms with E-state index in [1.807, 2.05) is 0 Å². The van der Waals surface area contributed by atoms with Gasteiger partial charge in [-0.15, -0.1) is 0 Å². The summed E-state index contributed by atoms with van der Waals surface area (Å²) in [5.41, 5.74) is 0. The van der Waals surface area contributed by atoms with Gasteiger partial charge in [-0.1, -0.05) is 6.92 Å². The van der Waals surface area contributed by atoms with Crippen molar-refractivity contribution in [1.29, 1.82) is 0 Å². The topological polar surface area (TPSA) is 15.3 Å². The Hall–Kier alpha value is -0.0800. The summed E-state index contributed by atoms with van der Waals surface area (Å²) in [5, 5.41) is 3.54. The number of rotatable bonds is 2. The number of hydrogen-bond donors (Lipinski definition) is 1. The highest BCUT2D eigenvalue weighted by Crippen LogP contribution is 2.21. The first-order valence-electron chi connectivity index (χ1n) is 6.70. The average molecular weight is 210 g/mol. The van der Waals surface area contributed by atoms with Gasteiger partial charge in [0, 0.05) is 12.6 Å². The molecule has 15 heavy (non-hydrogen) atoms. The first-order valence-corrected chi connectivity index (χ1v) is 6.70. The Morgan fingerprint density at radius 3 is 2.53 bits per heavy atom. The van der Waals surface area contributed by atoms with Crippen molar-refractivity contribution >= 4 is 0 Å². The predicted molar refractivity (Wildman–Crippen MR) is 65.0 cm³/mol. The van der Waals surface area contributed by atoms with Crippen LogP contribution in [0.3, 0.4) is 0 Å². The zero-order chi connectivity index (χ0) is 10.7. The highest BCUT2D eigenvalue weighted by Gasteiger charge is 2.22. The number of hydrogen-bond acceptors (Lipinski definition) is 2. The standard InChI is InChI=1S/C13H26N2/c1-11-4-7-15(8-5-11)10-13-3-6-14-12(2)9-13/h11-14H,3-10H2,1-2H3. The van der Waals surface area contributed by atoms with Crippen molar-refractivity contribution in [2.75, 3.05) is 26.2 Å². The van der Waals surface area contributed by atoms with Gasteiger partial charge in [-0.05, 0) is 64.1 Å². The minimum Gasteiger partial charge on any atom is -0.314 e. The maximum absolute atomic E-state index is 3.54. The van der Waals surface area contributed by atoms with Crippen LogP contribution in [-0.4, -0.2) is 37.1 Å². The van der Waals surface area contributed by atoms with Crippen LogP contribution in [0.2, 0.25) is 0 Å².